The van der Waals surface area contributed by atoms with Gasteiger partial charge in [0.15, 0.2) is 0 Å². The summed E-state index contributed by atoms with van der Waals surface area (Å²) in [6.45, 7) is 6.91. The standard InChI is InChI=1S/C20H26O6/c1-12-5-4-6-15(11-22)10-17(25-19(23)13(2)7-8-21)18-14(3)20(24)26-16(18)9-12/h5,7,10,16-18,21-22H,3-4,6,8-9,11H2,1-2H3/b12-5+,13-7+,15-10-/t16-,17+,18+/m0/s1. The fraction of sp³-hybridized carbons (Fsp3) is 0.500. The van der Waals surface area contributed by atoms with Crippen LogP contribution in [-0.2, 0) is 19.1 Å². The summed E-state index contributed by atoms with van der Waals surface area (Å²) in [7, 11) is 0. The molecule has 1 aliphatic heterocycles. The maximum Gasteiger partial charge on any atom is 0.334 e. The fourth-order valence-corrected chi connectivity index (χ4v) is 3.23. The molecule has 0 bridgehead atoms. The average molecular weight is 362 g/mol. The average Bonchev–Trinajstić information content (AvgIpc) is 2.86. The van der Waals surface area contributed by atoms with Gasteiger partial charge in [-0.15, -0.1) is 0 Å². The third-order valence-electron chi connectivity index (χ3n) is 4.72. The first-order valence-corrected chi connectivity index (χ1v) is 8.71. The number of fused-ring (bicyclic) bond motifs is 1. The first kappa shape index (κ1) is 20.1. The van der Waals surface area contributed by atoms with Crippen LogP contribution in [0.15, 0.2) is 47.1 Å². The highest BCUT2D eigenvalue weighted by Crippen LogP contribution is 2.36. The minimum Gasteiger partial charge on any atom is -0.458 e. The van der Waals surface area contributed by atoms with E-state index in [1.165, 1.54) is 6.08 Å². The second kappa shape index (κ2) is 8.96. The van der Waals surface area contributed by atoms with Crippen molar-refractivity contribution in [1.29, 1.82) is 0 Å². The third-order valence-corrected chi connectivity index (χ3v) is 4.72. The summed E-state index contributed by atoms with van der Waals surface area (Å²) in [5, 5.41) is 18.6. The Labute approximate surface area is 153 Å². The third kappa shape index (κ3) is 4.71. The number of ether oxygens (including phenoxy) is 2. The van der Waals surface area contributed by atoms with E-state index in [9.17, 15) is 14.7 Å². The quantitative estimate of drug-likeness (QED) is 0.451. The van der Waals surface area contributed by atoms with Crippen molar-refractivity contribution < 1.29 is 29.3 Å². The summed E-state index contributed by atoms with van der Waals surface area (Å²) in [5.74, 6) is -1.60. The van der Waals surface area contributed by atoms with Crippen molar-refractivity contribution in [3.63, 3.8) is 0 Å². The van der Waals surface area contributed by atoms with Crippen LogP contribution in [0.4, 0.5) is 0 Å². The van der Waals surface area contributed by atoms with Crippen molar-refractivity contribution >= 4 is 11.9 Å². The molecule has 1 saturated heterocycles. The SMILES string of the molecule is C=C1C(=O)O[C@H]2C/C(C)=C/CC/C(CO)=C/[C@@H](OC(=O)/C(C)=C/CO)[C@H]12. The Balaban J connectivity index is 2.40. The van der Waals surface area contributed by atoms with Crippen molar-refractivity contribution in [2.45, 2.75) is 45.3 Å². The normalized spacial score (nSPS) is 31.2. The molecule has 26 heavy (non-hydrogen) atoms. The molecule has 0 aromatic rings. The van der Waals surface area contributed by atoms with Crippen molar-refractivity contribution in [2.75, 3.05) is 13.2 Å². The Morgan fingerprint density at radius 3 is 2.85 bits per heavy atom. The van der Waals surface area contributed by atoms with Crippen LogP contribution in [-0.4, -0.2) is 47.6 Å². The van der Waals surface area contributed by atoms with Crippen LogP contribution in [0.3, 0.4) is 0 Å². The summed E-state index contributed by atoms with van der Waals surface area (Å²) in [5.41, 5.74) is 2.33. The molecule has 142 valence electrons. The predicted molar refractivity (Wildman–Crippen MR) is 96.0 cm³/mol. The zero-order chi connectivity index (χ0) is 19.3. The molecule has 6 heteroatoms. The zero-order valence-corrected chi connectivity index (χ0v) is 15.2. The molecule has 1 heterocycles. The number of aliphatic hydroxyl groups is 2. The minimum atomic E-state index is -0.776. The number of esters is 2. The number of hydrogen-bond donors (Lipinski definition) is 2. The van der Waals surface area contributed by atoms with Crippen molar-refractivity contribution in [3.05, 3.63) is 47.1 Å². The van der Waals surface area contributed by atoms with Crippen molar-refractivity contribution in [2.24, 2.45) is 5.92 Å². The Morgan fingerprint density at radius 1 is 1.46 bits per heavy atom. The molecule has 0 aromatic carbocycles. The van der Waals surface area contributed by atoms with Crippen molar-refractivity contribution in [3.8, 4) is 0 Å². The molecule has 2 N–H and O–H groups in total. The van der Waals surface area contributed by atoms with Gasteiger partial charge >= 0.3 is 11.9 Å². The van der Waals surface area contributed by atoms with E-state index < -0.39 is 30.1 Å². The molecule has 3 atom stereocenters. The van der Waals surface area contributed by atoms with Gasteiger partial charge in [-0.2, -0.15) is 0 Å². The lowest BCUT2D eigenvalue weighted by molar-refractivity contribution is -0.145. The Hall–Kier alpha value is -2.18. The van der Waals surface area contributed by atoms with Gasteiger partial charge in [0.2, 0.25) is 0 Å². The highest BCUT2D eigenvalue weighted by atomic mass is 16.6. The summed E-state index contributed by atoms with van der Waals surface area (Å²) in [6, 6.07) is 0. The lowest BCUT2D eigenvalue weighted by Gasteiger charge is -2.27. The van der Waals surface area contributed by atoms with Crippen LogP contribution >= 0.6 is 0 Å². The summed E-state index contributed by atoms with van der Waals surface area (Å²) in [4.78, 5) is 24.4. The molecule has 1 aliphatic carbocycles. The molecular formula is C20H26O6. The molecule has 2 rings (SSSR count). The van der Waals surface area contributed by atoms with Gasteiger partial charge in [0.1, 0.15) is 12.2 Å². The number of carbonyl (C=O) groups excluding carboxylic acids is 2. The second-order valence-electron chi connectivity index (χ2n) is 6.71. The van der Waals surface area contributed by atoms with Gasteiger partial charge in [0.05, 0.1) is 19.1 Å². The van der Waals surface area contributed by atoms with E-state index >= 15 is 0 Å². The van der Waals surface area contributed by atoms with Gasteiger partial charge in [-0.1, -0.05) is 18.2 Å². The van der Waals surface area contributed by atoms with E-state index in [0.717, 1.165) is 17.6 Å². The highest BCUT2D eigenvalue weighted by molar-refractivity contribution is 5.91. The molecular weight excluding hydrogens is 336 g/mol. The Kier molecular flexibility index (Phi) is 6.94. The molecule has 0 radical (unpaired) electrons. The molecule has 0 amide bonds. The first-order chi connectivity index (χ1) is 12.4. The molecule has 6 nitrogen and oxygen atoms in total. The van der Waals surface area contributed by atoms with Gasteiger partial charge in [0.25, 0.3) is 0 Å². The zero-order valence-electron chi connectivity index (χ0n) is 15.2. The monoisotopic (exact) mass is 362 g/mol. The minimum absolute atomic E-state index is 0.162. The van der Waals surface area contributed by atoms with Crippen LogP contribution in [0.25, 0.3) is 0 Å². The highest BCUT2D eigenvalue weighted by Gasteiger charge is 2.44. The smallest absolute Gasteiger partial charge is 0.334 e. The van der Waals surface area contributed by atoms with Gasteiger partial charge in [-0.25, -0.2) is 9.59 Å². The maximum atomic E-state index is 12.3. The number of allylic oxidation sites excluding steroid dienone is 1. The summed E-state index contributed by atoms with van der Waals surface area (Å²) < 4.78 is 11.1. The molecule has 0 unspecified atom stereocenters. The van der Waals surface area contributed by atoms with E-state index in [0.29, 0.717) is 12.8 Å². The Morgan fingerprint density at radius 2 is 2.19 bits per heavy atom. The van der Waals surface area contributed by atoms with E-state index in [2.05, 4.69) is 12.7 Å². The van der Waals surface area contributed by atoms with Crippen LogP contribution in [0.5, 0.6) is 0 Å². The summed E-state index contributed by atoms with van der Waals surface area (Å²) >= 11 is 0. The second-order valence-corrected chi connectivity index (χ2v) is 6.71. The first-order valence-electron chi connectivity index (χ1n) is 8.71. The fourth-order valence-electron chi connectivity index (χ4n) is 3.23. The Bertz CT molecular complexity index is 670. The molecule has 1 fully saturated rings. The topological polar surface area (TPSA) is 93.1 Å². The van der Waals surface area contributed by atoms with E-state index in [4.69, 9.17) is 14.6 Å². The van der Waals surface area contributed by atoms with Gasteiger partial charge < -0.3 is 19.7 Å². The number of hydrogen-bond acceptors (Lipinski definition) is 6. The number of aliphatic hydroxyl groups excluding tert-OH is 2. The molecule has 0 saturated carbocycles. The largest absolute Gasteiger partial charge is 0.458 e. The van der Waals surface area contributed by atoms with Gasteiger partial charge in [-0.05, 0) is 44.4 Å². The van der Waals surface area contributed by atoms with E-state index in [1.807, 2.05) is 6.92 Å². The van der Waals surface area contributed by atoms with E-state index in [-0.39, 0.29) is 24.4 Å². The maximum absolute atomic E-state index is 12.3. The van der Waals surface area contributed by atoms with Gasteiger partial charge in [-0.3, -0.25) is 0 Å². The lowest BCUT2D eigenvalue weighted by Crippen LogP contribution is -2.33. The van der Waals surface area contributed by atoms with Crippen LogP contribution in [0, 0.1) is 5.92 Å². The van der Waals surface area contributed by atoms with Crippen molar-refractivity contribution in [1.82, 2.24) is 0 Å². The number of rotatable bonds is 4. The molecule has 0 spiro atoms. The molecule has 2 aliphatic rings. The van der Waals surface area contributed by atoms with Crippen LogP contribution in [0.1, 0.15) is 33.1 Å². The van der Waals surface area contributed by atoms with E-state index in [1.54, 1.807) is 13.0 Å². The lowest BCUT2D eigenvalue weighted by atomic mass is 9.85. The van der Waals surface area contributed by atoms with Gasteiger partial charge in [0, 0.05) is 17.6 Å². The van der Waals surface area contributed by atoms with Crippen LogP contribution in [0.2, 0.25) is 0 Å². The molecule has 0 aromatic heterocycles. The van der Waals surface area contributed by atoms with Crippen LogP contribution < -0.4 is 0 Å². The number of carbonyl (C=O) groups is 2. The summed E-state index contributed by atoms with van der Waals surface area (Å²) in [6.07, 6.45) is 5.79. The predicted octanol–water partition coefficient (Wildman–Crippen LogP) is 1.98.